The summed E-state index contributed by atoms with van der Waals surface area (Å²) in [7, 11) is 2.18. The highest BCUT2D eigenvalue weighted by Gasteiger charge is 2.14. The maximum Gasteiger partial charge on any atom is 0.231 e. The molecule has 2 aromatic heterocycles. The molecule has 7 heteroatoms. The number of likely N-dealkylation sites (N-methyl/N-ethyl adjacent to an activating group) is 1. The minimum Gasteiger partial charge on any atom is -0.310 e. The molecule has 1 amide bonds. The first kappa shape index (κ1) is 20.7. The molecule has 1 aromatic carbocycles. The highest BCUT2D eigenvalue weighted by molar-refractivity contribution is 7.13. The SMILES string of the molecule is Cc1ccnc(NC(=O)Cc2csc(-c3ccc(CN4CCN(C)CC4)cc3)n2)c1. The predicted molar refractivity (Wildman–Crippen MR) is 122 cm³/mol. The third-order valence-corrected chi connectivity index (χ3v) is 6.22. The Bertz CT molecular complexity index is 993. The Morgan fingerprint density at radius 1 is 1.13 bits per heavy atom. The Hall–Kier alpha value is -2.61. The minimum absolute atomic E-state index is 0.104. The van der Waals surface area contributed by atoms with Gasteiger partial charge in [-0.1, -0.05) is 24.3 Å². The van der Waals surface area contributed by atoms with Gasteiger partial charge < -0.3 is 10.2 Å². The molecule has 1 N–H and O–H groups in total. The Labute approximate surface area is 181 Å². The van der Waals surface area contributed by atoms with Crippen molar-refractivity contribution in [2.45, 2.75) is 19.9 Å². The quantitative estimate of drug-likeness (QED) is 0.661. The van der Waals surface area contributed by atoms with Crippen LogP contribution in [0.25, 0.3) is 10.6 Å². The van der Waals surface area contributed by atoms with Gasteiger partial charge >= 0.3 is 0 Å². The van der Waals surface area contributed by atoms with Crippen molar-refractivity contribution in [2.24, 2.45) is 0 Å². The number of nitrogens with zero attached hydrogens (tertiary/aromatic N) is 4. The number of aromatic nitrogens is 2. The van der Waals surface area contributed by atoms with Crippen molar-refractivity contribution in [3.8, 4) is 10.6 Å². The van der Waals surface area contributed by atoms with Gasteiger partial charge in [-0.25, -0.2) is 9.97 Å². The van der Waals surface area contributed by atoms with Crippen molar-refractivity contribution in [1.82, 2.24) is 19.8 Å². The predicted octanol–water partition coefficient (Wildman–Crippen LogP) is 3.44. The molecular formula is C23H27N5OS. The number of carbonyl (C=O) groups is 1. The summed E-state index contributed by atoms with van der Waals surface area (Å²) in [5, 5.41) is 5.73. The molecular weight excluding hydrogens is 394 g/mol. The third kappa shape index (κ3) is 5.50. The molecule has 3 heterocycles. The number of carbonyl (C=O) groups excluding carboxylic acids is 1. The summed E-state index contributed by atoms with van der Waals surface area (Å²) in [6.07, 6.45) is 1.94. The first-order chi connectivity index (χ1) is 14.5. The first-order valence-electron chi connectivity index (χ1n) is 10.2. The third-order valence-electron chi connectivity index (χ3n) is 5.28. The molecule has 4 rings (SSSR count). The second-order valence-electron chi connectivity index (χ2n) is 7.86. The lowest BCUT2D eigenvalue weighted by Crippen LogP contribution is -2.43. The zero-order chi connectivity index (χ0) is 20.9. The molecule has 3 aromatic rings. The van der Waals surface area contributed by atoms with Crippen LogP contribution in [0, 0.1) is 6.92 Å². The van der Waals surface area contributed by atoms with Crippen LogP contribution in [0.4, 0.5) is 5.82 Å². The van der Waals surface area contributed by atoms with Gasteiger partial charge in [0.2, 0.25) is 5.91 Å². The fraction of sp³-hybridized carbons (Fsp3) is 0.348. The number of anilines is 1. The van der Waals surface area contributed by atoms with Gasteiger partial charge in [0, 0.05) is 49.9 Å². The average Bonchev–Trinajstić information content (AvgIpc) is 3.18. The van der Waals surface area contributed by atoms with Crippen LogP contribution in [0.1, 0.15) is 16.8 Å². The average molecular weight is 422 g/mol. The van der Waals surface area contributed by atoms with Crippen LogP contribution < -0.4 is 5.32 Å². The van der Waals surface area contributed by atoms with E-state index in [0.29, 0.717) is 5.82 Å². The van der Waals surface area contributed by atoms with E-state index in [-0.39, 0.29) is 12.3 Å². The molecule has 1 aliphatic rings. The van der Waals surface area contributed by atoms with Crippen molar-refractivity contribution in [2.75, 3.05) is 38.5 Å². The number of hydrogen-bond acceptors (Lipinski definition) is 6. The molecule has 0 aliphatic carbocycles. The van der Waals surface area contributed by atoms with E-state index >= 15 is 0 Å². The number of nitrogens with one attached hydrogen (secondary N) is 1. The normalized spacial score (nSPS) is 15.3. The molecule has 0 unspecified atom stereocenters. The van der Waals surface area contributed by atoms with E-state index in [1.54, 1.807) is 17.5 Å². The summed E-state index contributed by atoms with van der Waals surface area (Å²) in [6.45, 7) is 7.47. The largest absolute Gasteiger partial charge is 0.310 e. The molecule has 0 spiro atoms. The first-order valence-corrected chi connectivity index (χ1v) is 11.1. The lowest BCUT2D eigenvalue weighted by molar-refractivity contribution is -0.115. The van der Waals surface area contributed by atoms with E-state index in [9.17, 15) is 4.79 Å². The minimum atomic E-state index is -0.104. The Balaban J connectivity index is 1.33. The molecule has 156 valence electrons. The smallest absolute Gasteiger partial charge is 0.231 e. The van der Waals surface area contributed by atoms with E-state index in [2.05, 4.69) is 56.4 Å². The monoisotopic (exact) mass is 421 g/mol. The molecule has 1 aliphatic heterocycles. The van der Waals surface area contributed by atoms with Crippen LogP contribution in [-0.4, -0.2) is 58.9 Å². The zero-order valence-corrected chi connectivity index (χ0v) is 18.3. The van der Waals surface area contributed by atoms with Gasteiger partial charge in [0.15, 0.2) is 0 Å². The maximum atomic E-state index is 12.3. The number of hydrogen-bond donors (Lipinski definition) is 1. The molecule has 0 saturated carbocycles. The van der Waals surface area contributed by atoms with Gasteiger partial charge in [-0.3, -0.25) is 9.69 Å². The highest BCUT2D eigenvalue weighted by Crippen LogP contribution is 2.25. The van der Waals surface area contributed by atoms with E-state index in [0.717, 1.165) is 54.6 Å². The van der Waals surface area contributed by atoms with E-state index in [1.165, 1.54) is 5.56 Å². The van der Waals surface area contributed by atoms with Crippen LogP contribution in [-0.2, 0) is 17.8 Å². The number of rotatable bonds is 6. The lowest BCUT2D eigenvalue weighted by Gasteiger charge is -2.32. The fourth-order valence-corrected chi connectivity index (χ4v) is 4.32. The zero-order valence-electron chi connectivity index (χ0n) is 17.5. The summed E-state index contributed by atoms with van der Waals surface area (Å²) in [6, 6.07) is 12.4. The molecule has 0 atom stereocenters. The molecule has 0 radical (unpaired) electrons. The lowest BCUT2D eigenvalue weighted by atomic mass is 10.1. The number of amides is 1. The second kappa shape index (κ2) is 9.47. The van der Waals surface area contributed by atoms with Gasteiger partial charge in [-0.15, -0.1) is 11.3 Å². The Morgan fingerprint density at radius 3 is 2.63 bits per heavy atom. The van der Waals surface area contributed by atoms with Crippen LogP contribution >= 0.6 is 11.3 Å². The van der Waals surface area contributed by atoms with Gasteiger partial charge in [0.05, 0.1) is 12.1 Å². The fourth-order valence-electron chi connectivity index (χ4n) is 3.49. The topological polar surface area (TPSA) is 61.4 Å². The summed E-state index contributed by atoms with van der Waals surface area (Å²) >= 11 is 1.57. The van der Waals surface area contributed by atoms with Crippen molar-refractivity contribution in [3.63, 3.8) is 0 Å². The summed E-state index contributed by atoms with van der Waals surface area (Å²) < 4.78 is 0. The Morgan fingerprint density at radius 2 is 1.90 bits per heavy atom. The number of piperazine rings is 1. The van der Waals surface area contributed by atoms with Crippen molar-refractivity contribution in [1.29, 1.82) is 0 Å². The van der Waals surface area contributed by atoms with Gasteiger partial charge in [-0.05, 0) is 37.2 Å². The molecule has 0 bridgehead atoms. The highest BCUT2D eigenvalue weighted by atomic mass is 32.1. The van der Waals surface area contributed by atoms with Crippen molar-refractivity contribution < 1.29 is 4.79 Å². The molecule has 1 saturated heterocycles. The van der Waals surface area contributed by atoms with Crippen molar-refractivity contribution in [3.05, 3.63) is 64.8 Å². The van der Waals surface area contributed by atoms with Gasteiger partial charge in [0.25, 0.3) is 0 Å². The summed E-state index contributed by atoms with van der Waals surface area (Å²) in [5.74, 6) is 0.471. The van der Waals surface area contributed by atoms with Gasteiger partial charge in [-0.2, -0.15) is 0 Å². The Kier molecular flexibility index (Phi) is 6.52. The van der Waals surface area contributed by atoms with Crippen LogP contribution in [0.5, 0.6) is 0 Å². The van der Waals surface area contributed by atoms with Gasteiger partial charge in [0.1, 0.15) is 10.8 Å². The van der Waals surface area contributed by atoms with Crippen LogP contribution in [0.3, 0.4) is 0 Å². The van der Waals surface area contributed by atoms with Crippen LogP contribution in [0.2, 0.25) is 0 Å². The maximum absolute atomic E-state index is 12.3. The standard InChI is InChI=1S/C23H27N5OS/c1-17-7-8-24-21(13-17)26-22(29)14-20-16-30-23(25-20)19-5-3-18(4-6-19)15-28-11-9-27(2)10-12-28/h3-8,13,16H,9-12,14-15H2,1-2H3,(H,24,26,29). The van der Waals surface area contributed by atoms with E-state index in [1.807, 2.05) is 24.4 Å². The summed E-state index contributed by atoms with van der Waals surface area (Å²) in [5.41, 5.74) is 4.26. The molecule has 6 nitrogen and oxygen atoms in total. The second-order valence-corrected chi connectivity index (χ2v) is 8.72. The molecule has 30 heavy (non-hydrogen) atoms. The number of aryl methyl sites for hydroxylation is 1. The number of benzene rings is 1. The number of thiazole rings is 1. The van der Waals surface area contributed by atoms with E-state index in [4.69, 9.17) is 0 Å². The molecule has 1 fully saturated rings. The summed E-state index contributed by atoms with van der Waals surface area (Å²) in [4.78, 5) is 26.0. The van der Waals surface area contributed by atoms with Crippen LogP contribution in [0.15, 0.2) is 48.0 Å². The number of pyridine rings is 1. The van der Waals surface area contributed by atoms with Crippen molar-refractivity contribution >= 4 is 23.1 Å². The van der Waals surface area contributed by atoms with E-state index < -0.39 is 0 Å².